The number of hydrogen-bond acceptors (Lipinski definition) is 5. The van der Waals surface area contributed by atoms with Gasteiger partial charge in [-0.3, -0.25) is 0 Å². The van der Waals surface area contributed by atoms with E-state index in [1.54, 1.807) is 11.3 Å². The molecule has 0 spiro atoms. The standard InChI is InChI=1S/C15H21N3S2/c1-3-10-9-12-13(19-10)17-15(16-2)18-14(12)20-11-7-5-4-6-8-11/h9,11H,3-8H2,1-2H3,(H,16,17,18). The van der Waals surface area contributed by atoms with Gasteiger partial charge in [-0.2, -0.15) is 0 Å². The summed E-state index contributed by atoms with van der Waals surface area (Å²) < 4.78 is 0. The Morgan fingerprint density at radius 3 is 2.80 bits per heavy atom. The van der Waals surface area contributed by atoms with Gasteiger partial charge in [-0.25, -0.2) is 9.97 Å². The van der Waals surface area contributed by atoms with E-state index in [9.17, 15) is 0 Å². The van der Waals surface area contributed by atoms with E-state index in [1.165, 1.54) is 47.4 Å². The first kappa shape index (κ1) is 14.1. The zero-order valence-corrected chi connectivity index (χ0v) is 13.7. The van der Waals surface area contributed by atoms with Crippen LogP contribution in [-0.4, -0.2) is 22.3 Å². The van der Waals surface area contributed by atoms with Crippen molar-refractivity contribution >= 4 is 39.3 Å². The minimum absolute atomic E-state index is 0.733. The zero-order chi connectivity index (χ0) is 13.9. The van der Waals surface area contributed by atoms with Crippen molar-refractivity contribution in [3.8, 4) is 0 Å². The topological polar surface area (TPSA) is 37.8 Å². The van der Waals surface area contributed by atoms with Crippen LogP contribution >= 0.6 is 23.1 Å². The van der Waals surface area contributed by atoms with Gasteiger partial charge in [0, 0.05) is 22.6 Å². The van der Waals surface area contributed by atoms with Gasteiger partial charge in [-0.1, -0.05) is 26.2 Å². The molecule has 0 bridgehead atoms. The molecule has 2 heterocycles. The van der Waals surface area contributed by atoms with Crippen LogP contribution in [0.2, 0.25) is 0 Å². The van der Waals surface area contributed by atoms with Gasteiger partial charge in [0.05, 0.1) is 0 Å². The molecule has 5 heteroatoms. The number of thioether (sulfide) groups is 1. The second-order valence-electron chi connectivity index (χ2n) is 5.27. The van der Waals surface area contributed by atoms with Crippen molar-refractivity contribution in [1.82, 2.24) is 9.97 Å². The molecule has 3 nitrogen and oxygen atoms in total. The Hall–Kier alpha value is -0.810. The Labute approximate surface area is 128 Å². The Bertz CT molecular complexity index is 588. The summed E-state index contributed by atoms with van der Waals surface area (Å²) in [7, 11) is 1.89. The minimum atomic E-state index is 0.733. The van der Waals surface area contributed by atoms with Crippen LogP contribution in [0.25, 0.3) is 10.2 Å². The van der Waals surface area contributed by atoms with Gasteiger partial charge in [-0.05, 0) is 25.3 Å². The lowest BCUT2D eigenvalue weighted by molar-refractivity contribution is 0.516. The van der Waals surface area contributed by atoms with Gasteiger partial charge < -0.3 is 5.32 Å². The number of thiophene rings is 1. The first-order valence-corrected chi connectivity index (χ1v) is 9.14. The third kappa shape index (κ3) is 2.93. The van der Waals surface area contributed by atoms with Crippen LogP contribution in [0.1, 0.15) is 43.9 Å². The first-order valence-electron chi connectivity index (χ1n) is 7.45. The SMILES string of the molecule is CCc1cc2c(SC3CCCCC3)nc(NC)nc2s1. The van der Waals surface area contributed by atoms with E-state index >= 15 is 0 Å². The summed E-state index contributed by atoms with van der Waals surface area (Å²) in [5, 5.41) is 6.25. The lowest BCUT2D eigenvalue weighted by Gasteiger charge is -2.20. The molecule has 3 rings (SSSR count). The number of nitrogens with one attached hydrogen (secondary N) is 1. The quantitative estimate of drug-likeness (QED) is 0.829. The van der Waals surface area contributed by atoms with Gasteiger partial charge >= 0.3 is 0 Å². The molecule has 1 N–H and O–H groups in total. The van der Waals surface area contributed by atoms with Crippen molar-refractivity contribution in [2.24, 2.45) is 0 Å². The molecule has 0 aliphatic heterocycles. The van der Waals surface area contributed by atoms with E-state index < -0.39 is 0 Å². The van der Waals surface area contributed by atoms with Gasteiger partial charge in [0.25, 0.3) is 0 Å². The van der Waals surface area contributed by atoms with Crippen LogP contribution in [0.15, 0.2) is 11.1 Å². The highest BCUT2D eigenvalue weighted by atomic mass is 32.2. The maximum absolute atomic E-state index is 4.71. The lowest BCUT2D eigenvalue weighted by atomic mass is 10.0. The molecule has 0 unspecified atom stereocenters. The Kier molecular flexibility index (Phi) is 4.46. The van der Waals surface area contributed by atoms with Crippen molar-refractivity contribution in [3.05, 3.63) is 10.9 Å². The highest BCUT2D eigenvalue weighted by Gasteiger charge is 2.18. The maximum atomic E-state index is 4.71. The van der Waals surface area contributed by atoms with Crippen molar-refractivity contribution < 1.29 is 0 Å². The van der Waals surface area contributed by atoms with Gasteiger partial charge in [-0.15, -0.1) is 23.1 Å². The summed E-state index contributed by atoms with van der Waals surface area (Å²) in [6.07, 6.45) is 7.87. The van der Waals surface area contributed by atoms with E-state index in [0.717, 1.165) is 22.4 Å². The van der Waals surface area contributed by atoms with Crippen molar-refractivity contribution in [2.75, 3.05) is 12.4 Å². The highest BCUT2D eigenvalue weighted by Crippen LogP contribution is 2.38. The predicted octanol–water partition coefficient (Wildman–Crippen LogP) is 4.72. The zero-order valence-electron chi connectivity index (χ0n) is 12.1. The maximum Gasteiger partial charge on any atom is 0.224 e. The summed E-state index contributed by atoms with van der Waals surface area (Å²) in [4.78, 5) is 11.8. The second-order valence-corrected chi connectivity index (χ2v) is 7.67. The van der Waals surface area contributed by atoms with Gasteiger partial charge in [0.15, 0.2) is 0 Å². The molecule has 0 radical (unpaired) electrons. The monoisotopic (exact) mass is 307 g/mol. The van der Waals surface area contributed by atoms with Crippen molar-refractivity contribution in [3.63, 3.8) is 0 Å². The van der Waals surface area contributed by atoms with Crippen LogP contribution in [0.3, 0.4) is 0 Å². The molecule has 1 aliphatic rings. The molecule has 0 amide bonds. The lowest BCUT2D eigenvalue weighted by Crippen LogP contribution is -2.08. The van der Waals surface area contributed by atoms with E-state index in [-0.39, 0.29) is 0 Å². The summed E-state index contributed by atoms with van der Waals surface area (Å²) in [5.41, 5.74) is 0. The largest absolute Gasteiger partial charge is 0.357 e. The van der Waals surface area contributed by atoms with E-state index in [0.29, 0.717) is 0 Å². The van der Waals surface area contributed by atoms with Crippen molar-refractivity contribution in [2.45, 2.75) is 55.7 Å². The first-order chi connectivity index (χ1) is 9.80. The second kappa shape index (κ2) is 6.31. The number of aryl methyl sites for hydroxylation is 1. The molecule has 1 saturated carbocycles. The van der Waals surface area contributed by atoms with Crippen molar-refractivity contribution in [1.29, 1.82) is 0 Å². The molecule has 2 aromatic heterocycles. The molecule has 2 aromatic rings. The Morgan fingerprint density at radius 2 is 2.10 bits per heavy atom. The average molecular weight is 307 g/mol. The number of nitrogens with zero attached hydrogens (tertiary/aromatic N) is 2. The number of fused-ring (bicyclic) bond motifs is 1. The Morgan fingerprint density at radius 1 is 1.30 bits per heavy atom. The average Bonchev–Trinajstić information content (AvgIpc) is 2.91. The number of anilines is 1. The normalized spacial score (nSPS) is 16.7. The minimum Gasteiger partial charge on any atom is -0.357 e. The third-order valence-electron chi connectivity index (χ3n) is 3.81. The third-order valence-corrected chi connectivity index (χ3v) is 6.32. The number of hydrogen-bond donors (Lipinski definition) is 1. The summed E-state index contributed by atoms with van der Waals surface area (Å²) >= 11 is 3.76. The van der Waals surface area contributed by atoms with E-state index in [2.05, 4.69) is 23.3 Å². The fourth-order valence-corrected chi connectivity index (χ4v) is 5.00. The molecular weight excluding hydrogens is 286 g/mol. The molecule has 0 saturated heterocycles. The molecular formula is C15H21N3S2. The van der Waals surface area contributed by atoms with Gasteiger partial charge in [0.2, 0.25) is 5.95 Å². The fraction of sp³-hybridized carbons (Fsp3) is 0.600. The molecule has 0 atom stereocenters. The van der Waals surface area contributed by atoms with Crippen LogP contribution in [0, 0.1) is 0 Å². The molecule has 0 aromatic carbocycles. The molecule has 20 heavy (non-hydrogen) atoms. The number of aromatic nitrogens is 2. The van der Waals surface area contributed by atoms with Crippen LogP contribution < -0.4 is 5.32 Å². The summed E-state index contributed by atoms with van der Waals surface area (Å²) in [6, 6.07) is 2.28. The van der Waals surface area contributed by atoms with Crippen LogP contribution in [0.5, 0.6) is 0 Å². The molecule has 108 valence electrons. The summed E-state index contributed by atoms with van der Waals surface area (Å²) in [6.45, 7) is 2.20. The molecule has 1 aliphatic carbocycles. The predicted molar refractivity (Wildman–Crippen MR) is 89.1 cm³/mol. The van der Waals surface area contributed by atoms with E-state index in [1.807, 2.05) is 18.8 Å². The summed E-state index contributed by atoms with van der Waals surface area (Å²) in [5.74, 6) is 0.750. The molecule has 1 fully saturated rings. The number of rotatable bonds is 4. The van der Waals surface area contributed by atoms with Crippen LogP contribution in [0.4, 0.5) is 5.95 Å². The van der Waals surface area contributed by atoms with E-state index in [4.69, 9.17) is 4.98 Å². The smallest absolute Gasteiger partial charge is 0.224 e. The fourth-order valence-electron chi connectivity index (χ4n) is 2.66. The van der Waals surface area contributed by atoms with Gasteiger partial charge in [0.1, 0.15) is 9.86 Å². The van der Waals surface area contributed by atoms with Crippen LogP contribution in [-0.2, 0) is 6.42 Å². The highest BCUT2D eigenvalue weighted by molar-refractivity contribution is 8.00. The Balaban J connectivity index is 1.95.